The predicted octanol–water partition coefficient (Wildman–Crippen LogP) is 4.61. The number of amides is 1. The molecule has 0 saturated heterocycles. The fraction of sp³-hybridized carbons (Fsp3) is 0.292. The molecule has 0 spiro atoms. The second-order valence-electron chi connectivity index (χ2n) is 7.52. The lowest BCUT2D eigenvalue weighted by molar-refractivity contribution is 0.0783. The van der Waals surface area contributed by atoms with Crippen molar-refractivity contribution >= 4 is 26.5 Å². The molecule has 0 aliphatic rings. The van der Waals surface area contributed by atoms with Gasteiger partial charge in [0, 0.05) is 31.0 Å². The van der Waals surface area contributed by atoms with Crippen LogP contribution in [0.4, 0.5) is 0 Å². The molecular weight excluding hydrogens is 398 g/mol. The number of aryl methyl sites for hydroxylation is 1. The molecule has 0 radical (unpaired) electrons. The summed E-state index contributed by atoms with van der Waals surface area (Å²) in [4.78, 5) is 14.9. The number of fused-ring (bicyclic) bond motifs is 1. The van der Waals surface area contributed by atoms with Crippen molar-refractivity contribution in [1.82, 2.24) is 4.90 Å². The zero-order valence-corrected chi connectivity index (χ0v) is 18.6. The molecule has 6 heteroatoms. The summed E-state index contributed by atoms with van der Waals surface area (Å²) in [7, 11) is -1.67. The van der Waals surface area contributed by atoms with Crippen molar-refractivity contribution in [3.8, 4) is 5.75 Å². The van der Waals surface area contributed by atoms with E-state index in [1.54, 1.807) is 24.9 Å². The van der Waals surface area contributed by atoms with Crippen molar-refractivity contribution in [1.29, 1.82) is 0 Å². The molecule has 0 atom stereocenters. The minimum absolute atomic E-state index is 0.141. The Bertz CT molecular complexity index is 1190. The summed E-state index contributed by atoms with van der Waals surface area (Å²) < 4.78 is 29.8. The van der Waals surface area contributed by atoms with Gasteiger partial charge in [-0.25, -0.2) is 8.42 Å². The van der Waals surface area contributed by atoms with E-state index in [0.717, 1.165) is 40.3 Å². The van der Waals surface area contributed by atoms with Crippen LogP contribution in [0.3, 0.4) is 0 Å². The molecule has 0 heterocycles. The predicted molar refractivity (Wildman–Crippen MR) is 120 cm³/mol. The van der Waals surface area contributed by atoms with E-state index in [9.17, 15) is 13.2 Å². The first kappa shape index (κ1) is 21.8. The van der Waals surface area contributed by atoms with E-state index in [0.29, 0.717) is 18.7 Å². The van der Waals surface area contributed by atoms with Gasteiger partial charge in [-0.1, -0.05) is 43.3 Å². The number of carbonyl (C=O) groups excluding carboxylic acids is 1. The third-order valence-corrected chi connectivity index (χ3v) is 6.18. The van der Waals surface area contributed by atoms with Crippen molar-refractivity contribution in [2.45, 2.75) is 31.7 Å². The van der Waals surface area contributed by atoms with E-state index in [1.807, 2.05) is 43.3 Å². The van der Waals surface area contributed by atoms with Crippen molar-refractivity contribution in [2.24, 2.45) is 0 Å². The molecule has 0 saturated carbocycles. The van der Waals surface area contributed by atoms with Gasteiger partial charge in [0.25, 0.3) is 5.91 Å². The average Bonchev–Trinajstić information content (AvgIpc) is 2.72. The Kier molecular flexibility index (Phi) is 6.46. The van der Waals surface area contributed by atoms with Crippen molar-refractivity contribution in [3.63, 3.8) is 0 Å². The summed E-state index contributed by atoms with van der Waals surface area (Å²) in [5, 5.41) is 2.11. The fourth-order valence-electron chi connectivity index (χ4n) is 3.40. The van der Waals surface area contributed by atoms with E-state index in [-0.39, 0.29) is 10.8 Å². The maximum Gasteiger partial charge on any atom is 0.254 e. The molecule has 0 aliphatic carbocycles. The van der Waals surface area contributed by atoms with Gasteiger partial charge in [0.05, 0.1) is 11.5 Å². The summed E-state index contributed by atoms with van der Waals surface area (Å²) in [6.07, 6.45) is 2.03. The number of hydrogen-bond acceptors (Lipinski definition) is 4. The van der Waals surface area contributed by atoms with E-state index in [1.165, 1.54) is 12.1 Å². The number of nitrogens with zero attached hydrogens (tertiary/aromatic N) is 1. The van der Waals surface area contributed by atoms with Gasteiger partial charge in [-0.2, -0.15) is 0 Å². The Labute approximate surface area is 178 Å². The highest BCUT2D eigenvalue weighted by Crippen LogP contribution is 2.30. The van der Waals surface area contributed by atoms with Crippen LogP contribution in [0.1, 0.15) is 34.8 Å². The molecule has 0 N–H and O–H groups in total. The highest BCUT2D eigenvalue weighted by molar-refractivity contribution is 7.90. The second-order valence-corrected chi connectivity index (χ2v) is 9.54. The minimum Gasteiger partial charge on any atom is -0.493 e. The molecule has 0 unspecified atom stereocenters. The molecule has 3 aromatic carbocycles. The average molecular weight is 426 g/mol. The molecule has 1 amide bonds. The SMILES string of the molecule is CCCOc1ccc2ccccc2c1CN(C)C(=O)c1cc(S(C)(=O)=O)ccc1C. The maximum absolute atomic E-state index is 13.2. The van der Waals surface area contributed by atoms with Crippen LogP contribution in [0.2, 0.25) is 0 Å². The quantitative estimate of drug-likeness (QED) is 0.554. The summed E-state index contributed by atoms with van der Waals surface area (Å²) in [6, 6.07) is 16.6. The first-order valence-electron chi connectivity index (χ1n) is 9.92. The number of sulfone groups is 1. The van der Waals surface area contributed by atoms with Crippen LogP contribution in [0.25, 0.3) is 10.8 Å². The summed E-state index contributed by atoms with van der Waals surface area (Å²) in [5.74, 6) is 0.532. The Morgan fingerprint density at radius 3 is 2.50 bits per heavy atom. The summed E-state index contributed by atoms with van der Waals surface area (Å²) >= 11 is 0. The van der Waals surface area contributed by atoms with Crippen LogP contribution in [0.5, 0.6) is 5.75 Å². The van der Waals surface area contributed by atoms with Gasteiger partial charge in [0.15, 0.2) is 9.84 Å². The van der Waals surface area contributed by atoms with Gasteiger partial charge in [0.1, 0.15) is 5.75 Å². The Balaban J connectivity index is 1.99. The van der Waals surface area contributed by atoms with Crippen LogP contribution in [0.15, 0.2) is 59.5 Å². The van der Waals surface area contributed by atoms with Crippen LogP contribution >= 0.6 is 0 Å². The van der Waals surface area contributed by atoms with Crippen molar-refractivity contribution in [3.05, 3.63) is 71.3 Å². The monoisotopic (exact) mass is 425 g/mol. The van der Waals surface area contributed by atoms with E-state index in [2.05, 4.69) is 0 Å². The molecule has 30 heavy (non-hydrogen) atoms. The molecule has 0 aromatic heterocycles. The molecular formula is C24H27NO4S. The minimum atomic E-state index is -3.40. The molecule has 158 valence electrons. The molecule has 5 nitrogen and oxygen atoms in total. The number of hydrogen-bond donors (Lipinski definition) is 0. The lowest BCUT2D eigenvalue weighted by Crippen LogP contribution is -2.27. The Hall–Kier alpha value is -2.86. The van der Waals surface area contributed by atoms with E-state index < -0.39 is 9.84 Å². The normalized spacial score (nSPS) is 11.5. The Morgan fingerprint density at radius 2 is 1.80 bits per heavy atom. The first-order chi connectivity index (χ1) is 14.2. The second kappa shape index (κ2) is 8.88. The first-order valence-corrected chi connectivity index (χ1v) is 11.8. The van der Waals surface area contributed by atoms with Crippen LogP contribution < -0.4 is 4.74 Å². The molecule has 0 aliphatic heterocycles. The highest BCUT2D eigenvalue weighted by Gasteiger charge is 2.20. The zero-order valence-electron chi connectivity index (χ0n) is 17.8. The van der Waals surface area contributed by atoms with Gasteiger partial charge >= 0.3 is 0 Å². The van der Waals surface area contributed by atoms with Gasteiger partial charge in [0.2, 0.25) is 0 Å². The molecule has 3 aromatic rings. The third kappa shape index (κ3) is 4.65. The van der Waals surface area contributed by atoms with E-state index in [4.69, 9.17) is 4.74 Å². The Morgan fingerprint density at radius 1 is 1.07 bits per heavy atom. The zero-order chi connectivity index (χ0) is 21.9. The van der Waals surface area contributed by atoms with Crippen LogP contribution in [-0.2, 0) is 16.4 Å². The van der Waals surface area contributed by atoms with Gasteiger partial charge in [-0.05, 0) is 47.9 Å². The van der Waals surface area contributed by atoms with Crippen molar-refractivity contribution in [2.75, 3.05) is 19.9 Å². The van der Waals surface area contributed by atoms with Crippen molar-refractivity contribution < 1.29 is 17.9 Å². The standard InChI is InChI=1S/C24H27NO4S/c1-5-14-29-23-13-11-18-8-6-7-9-20(18)22(23)16-25(3)24(26)21-15-19(30(4,27)28)12-10-17(21)2/h6-13,15H,5,14,16H2,1-4H3. The van der Waals surface area contributed by atoms with Crippen LogP contribution in [0, 0.1) is 6.92 Å². The number of ether oxygens (including phenoxy) is 1. The molecule has 0 fully saturated rings. The van der Waals surface area contributed by atoms with Gasteiger partial charge in [-0.15, -0.1) is 0 Å². The van der Waals surface area contributed by atoms with E-state index >= 15 is 0 Å². The number of benzene rings is 3. The lowest BCUT2D eigenvalue weighted by atomic mass is 10.0. The smallest absolute Gasteiger partial charge is 0.254 e. The van der Waals surface area contributed by atoms with Crippen LogP contribution in [-0.4, -0.2) is 39.1 Å². The fourth-order valence-corrected chi connectivity index (χ4v) is 4.05. The largest absolute Gasteiger partial charge is 0.493 e. The van der Waals surface area contributed by atoms with Gasteiger partial charge in [-0.3, -0.25) is 4.79 Å². The number of rotatable bonds is 7. The molecule has 3 rings (SSSR count). The highest BCUT2D eigenvalue weighted by atomic mass is 32.2. The molecule has 0 bridgehead atoms. The number of carbonyl (C=O) groups is 1. The van der Waals surface area contributed by atoms with Gasteiger partial charge < -0.3 is 9.64 Å². The third-order valence-electron chi connectivity index (χ3n) is 5.07. The topological polar surface area (TPSA) is 63.7 Å². The lowest BCUT2D eigenvalue weighted by Gasteiger charge is -2.22. The summed E-state index contributed by atoms with van der Waals surface area (Å²) in [5.41, 5.74) is 2.06. The maximum atomic E-state index is 13.2. The summed E-state index contributed by atoms with van der Waals surface area (Å²) in [6.45, 7) is 4.80.